The zero-order chi connectivity index (χ0) is 12.0. The van der Waals surface area contributed by atoms with Gasteiger partial charge < -0.3 is 0 Å². The van der Waals surface area contributed by atoms with Crippen molar-refractivity contribution in [2.45, 2.75) is 13.8 Å². The lowest BCUT2D eigenvalue weighted by Crippen LogP contribution is -1.98. The maximum atomic E-state index is 5.42. The summed E-state index contributed by atoms with van der Waals surface area (Å²) in [6.45, 7) is 3.99. The first kappa shape index (κ1) is 10.7. The molecule has 86 valence electrons. The molecular weight excluding hydrogens is 250 g/mol. The monoisotopic (exact) mass is 261 g/mol. The molecular formula is C12H11N3S2. The molecule has 3 heterocycles. The van der Waals surface area contributed by atoms with E-state index in [-0.39, 0.29) is 0 Å². The third kappa shape index (κ3) is 1.62. The summed E-state index contributed by atoms with van der Waals surface area (Å²) in [5.74, 6) is 0. The van der Waals surface area contributed by atoms with Crippen LogP contribution in [0.2, 0.25) is 0 Å². The predicted molar refractivity (Wildman–Crippen MR) is 73.2 cm³/mol. The van der Waals surface area contributed by atoms with Crippen LogP contribution in [0.15, 0.2) is 23.6 Å². The molecule has 0 aliphatic carbocycles. The van der Waals surface area contributed by atoms with E-state index in [1.807, 2.05) is 30.5 Å². The number of nitrogens with zero attached hydrogens (tertiary/aromatic N) is 2. The van der Waals surface area contributed by atoms with Crippen LogP contribution in [0.3, 0.4) is 0 Å². The minimum atomic E-state index is 0.801. The van der Waals surface area contributed by atoms with Crippen molar-refractivity contribution < 1.29 is 0 Å². The van der Waals surface area contributed by atoms with Crippen LogP contribution in [0.5, 0.6) is 0 Å². The van der Waals surface area contributed by atoms with E-state index in [2.05, 4.69) is 21.5 Å². The Balaban J connectivity index is 2.34. The number of hydrogen-bond donors (Lipinski definition) is 1. The van der Waals surface area contributed by atoms with Gasteiger partial charge in [0.2, 0.25) is 0 Å². The van der Waals surface area contributed by atoms with Crippen LogP contribution in [0.25, 0.3) is 16.2 Å². The second-order valence-electron chi connectivity index (χ2n) is 3.97. The van der Waals surface area contributed by atoms with Gasteiger partial charge in [0.15, 0.2) is 5.65 Å². The summed E-state index contributed by atoms with van der Waals surface area (Å²) in [6.07, 6.45) is 0. The minimum absolute atomic E-state index is 0.801. The van der Waals surface area contributed by atoms with Crippen LogP contribution >= 0.6 is 23.6 Å². The molecule has 0 atom stereocenters. The number of fused-ring (bicyclic) bond motifs is 1. The topological polar surface area (TPSA) is 33.1 Å². The molecule has 5 heteroatoms. The maximum Gasteiger partial charge on any atom is 0.155 e. The van der Waals surface area contributed by atoms with E-state index in [1.54, 1.807) is 11.3 Å². The van der Waals surface area contributed by atoms with Crippen LogP contribution in [-0.4, -0.2) is 14.6 Å². The fourth-order valence-electron chi connectivity index (χ4n) is 1.78. The van der Waals surface area contributed by atoms with Gasteiger partial charge in [-0.1, -0.05) is 18.3 Å². The molecule has 0 spiro atoms. The van der Waals surface area contributed by atoms with Crippen LogP contribution in [0, 0.1) is 18.5 Å². The first-order valence-corrected chi connectivity index (χ1v) is 6.58. The molecule has 1 N–H and O–H groups in total. The van der Waals surface area contributed by atoms with E-state index in [0.717, 1.165) is 27.2 Å². The summed E-state index contributed by atoms with van der Waals surface area (Å²) in [6, 6.07) is 6.15. The van der Waals surface area contributed by atoms with Gasteiger partial charge >= 0.3 is 0 Å². The standard InChI is InChI=1S/C12H11N3S2/c1-7-8(2)13-11-6-9(10-4-3-5-17-10)14-15(11)12(7)16/h3-6,14H,1-2H3. The van der Waals surface area contributed by atoms with E-state index in [9.17, 15) is 0 Å². The Kier molecular flexibility index (Phi) is 2.38. The van der Waals surface area contributed by atoms with Gasteiger partial charge in [0.25, 0.3) is 0 Å². The number of hydrogen-bond acceptors (Lipinski definition) is 3. The quantitative estimate of drug-likeness (QED) is 0.677. The van der Waals surface area contributed by atoms with Gasteiger partial charge in [-0.25, -0.2) is 9.50 Å². The summed E-state index contributed by atoms with van der Waals surface area (Å²) in [4.78, 5) is 5.73. The smallest absolute Gasteiger partial charge is 0.155 e. The molecule has 0 aromatic carbocycles. The lowest BCUT2D eigenvalue weighted by atomic mass is 10.3. The van der Waals surface area contributed by atoms with E-state index in [0.29, 0.717) is 0 Å². The summed E-state index contributed by atoms with van der Waals surface area (Å²) >= 11 is 7.12. The molecule has 3 aromatic rings. The Morgan fingerprint density at radius 1 is 1.41 bits per heavy atom. The molecule has 0 aliphatic heterocycles. The van der Waals surface area contributed by atoms with E-state index in [4.69, 9.17) is 12.2 Å². The molecule has 3 rings (SSSR count). The number of aromatic nitrogens is 3. The Morgan fingerprint density at radius 2 is 2.24 bits per heavy atom. The highest BCUT2D eigenvalue weighted by atomic mass is 32.1. The molecule has 0 saturated carbocycles. The van der Waals surface area contributed by atoms with Crippen molar-refractivity contribution in [3.8, 4) is 10.6 Å². The third-order valence-corrected chi connectivity index (χ3v) is 4.26. The van der Waals surface area contributed by atoms with E-state index in [1.165, 1.54) is 4.88 Å². The van der Waals surface area contributed by atoms with Crippen LogP contribution in [0.4, 0.5) is 0 Å². The van der Waals surface area contributed by atoms with Crippen LogP contribution in [0.1, 0.15) is 11.3 Å². The highest BCUT2D eigenvalue weighted by molar-refractivity contribution is 7.71. The highest BCUT2D eigenvalue weighted by Crippen LogP contribution is 2.24. The number of aromatic amines is 1. The normalized spacial score (nSPS) is 11.2. The average molecular weight is 261 g/mol. The van der Waals surface area contributed by atoms with Crippen molar-refractivity contribution in [1.82, 2.24) is 14.6 Å². The lowest BCUT2D eigenvalue weighted by molar-refractivity contribution is 0.903. The van der Waals surface area contributed by atoms with E-state index >= 15 is 0 Å². The molecule has 17 heavy (non-hydrogen) atoms. The summed E-state index contributed by atoms with van der Waals surface area (Å²) in [7, 11) is 0. The molecule has 3 aromatic heterocycles. The van der Waals surface area contributed by atoms with Crippen LogP contribution in [-0.2, 0) is 0 Å². The molecule has 0 bridgehead atoms. The van der Waals surface area contributed by atoms with Crippen molar-refractivity contribution in [2.24, 2.45) is 0 Å². The first-order chi connectivity index (χ1) is 8.16. The molecule has 0 fully saturated rings. The number of rotatable bonds is 1. The minimum Gasteiger partial charge on any atom is -0.290 e. The van der Waals surface area contributed by atoms with E-state index < -0.39 is 0 Å². The predicted octanol–water partition coefficient (Wildman–Crippen LogP) is 3.74. The Morgan fingerprint density at radius 3 is 2.94 bits per heavy atom. The van der Waals surface area contributed by atoms with Gasteiger partial charge in [-0.15, -0.1) is 11.3 Å². The SMILES string of the molecule is Cc1nc2cc(-c3cccs3)[nH]n2c(=S)c1C. The average Bonchev–Trinajstić information content (AvgIpc) is 2.93. The lowest BCUT2D eigenvalue weighted by Gasteiger charge is -2.00. The van der Waals surface area contributed by atoms with Crippen LogP contribution < -0.4 is 0 Å². The van der Waals surface area contributed by atoms with Gasteiger partial charge in [0, 0.05) is 17.3 Å². The molecule has 3 nitrogen and oxygen atoms in total. The molecule has 0 saturated heterocycles. The zero-order valence-electron chi connectivity index (χ0n) is 9.52. The molecule has 0 aliphatic rings. The Hall–Kier alpha value is -1.46. The largest absolute Gasteiger partial charge is 0.290 e. The molecule has 0 radical (unpaired) electrons. The second-order valence-corrected chi connectivity index (χ2v) is 5.30. The first-order valence-electron chi connectivity index (χ1n) is 5.29. The van der Waals surface area contributed by atoms with Gasteiger partial charge in [0.1, 0.15) is 4.64 Å². The van der Waals surface area contributed by atoms with Gasteiger partial charge in [0.05, 0.1) is 10.6 Å². The number of thiophene rings is 1. The van der Waals surface area contributed by atoms with Crippen molar-refractivity contribution >= 4 is 29.2 Å². The van der Waals surface area contributed by atoms with Crippen molar-refractivity contribution in [2.75, 3.05) is 0 Å². The summed E-state index contributed by atoms with van der Waals surface area (Å²) in [5, 5.41) is 5.35. The number of nitrogens with one attached hydrogen (secondary N) is 1. The zero-order valence-corrected chi connectivity index (χ0v) is 11.2. The molecule has 0 unspecified atom stereocenters. The van der Waals surface area contributed by atoms with Crippen molar-refractivity contribution in [1.29, 1.82) is 0 Å². The third-order valence-electron chi connectivity index (χ3n) is 2.87. The summed E-state index contributed by atoms with van der Waals surface area (Å²) in [5.41, 5.74) is 3.98. The Bertz CT molecular complexity index is 735. The number of aryl methyl sites for hydroxylation is 1. The van der Waals surface area contributed by atoms with Crippen molar-refractivity contribution in [3.05, 3.63) is 39.5 Å². The number of H-pyrrole nitrogens is 1. The fraction of sp³-hybridized carbons (Fsp3) is 0.167. The fourth-order valence-corrected chi connectivity index (χ4v) is 2.76. The highest BCUT2D eigenvalue weighted by Gasteiger charge is 2.08. The van der Waals surface area contributed by atoms with Gasteiger partial charge in [-0.2, -0.15) is 0 Å². The Labute approximate surface area is 108 Å². The summed E-state index contributed by atoms with van der Waals surface area (Å²) < 4.78 is 2.67. The maximum absolute atomic E-state index is 5.42. The van der Waals surface area contributed by atoms with Gasteiger partial charge in [-0.3, -0.25) is 5.10 Å². The van der Waals surface area contributed by atoms with Gasteiger partial charge in [-0.05, 0) is 25.3 Å². The molecule has 0 amide bonds. The van der Waals surface area contributed by atoms with Crippen molar-refractivity contribution in [3.63, 3.8) is 0 Å². The second kappa shape index (κ2) is 3.78.